The number of hydrogen-bond acceptors (Lipinski definition) is 7. The van der Waals surface area contributed by atoms with Crippen molar-refractivity contribution < 1.29 is 33.0 Å². The van der Waals surface area contributed by atoms with Gasteiger partial charge in [-0.25, -0.2) is 8.78 Å². The maximum Gasteiger partial charge on any atom is 0.305 e. The molecule has 0 atom stereocenters. The molecule has 36 heavy (non-hydrogen) atoms. The van der Waals surface area contributed by atoms with Gasteiger partial charge in [0.05, 0.1) is 24.5 Å². The molecule has 2 heterocycles. The second-order valence-corrected chi connectivity index (χ2v) is 9.87. The van der Waals surface area contributed by atoms with Crippen molar-refractivity contribution in [2.24, 2.45) is 0 Å². The number of rotatable bonds is 9. The molecule has 0 aliphatic carbocycles. The van der Waals surface area contributed by atoms with Gasteiger partial charge in [-0.2, -0.15) is 0 Å². The summed E-state index contributed by atoms with van der Waals surface area (Å²) in [5, 5.41) is 8.96. The summed E-state index contributed by atoms with van der Waals surface area (Å²) >= 11 is 6.34. The summed E-state index contributed by atoms with van der Waals surface area (Å²) in [5.74, 6) is -2.32. The number of carboxylic acid groups (broad SMARTS) is 1. The standard InChI is InChI=1S/C25H24F2N2O5S2/c26-19-12-17(13-20(27)15-19)16-1-2-21(34-10-7-28-5-8-33-9-6-28)18(11-16)14-22-24(32)29(25(35)36-22)4-3-23(30)31/h1-2,11-15H,3-10H2,(H,30,31). The van der Waals surface area contributed by atoms with E-state index in [2.05, 4.69) is 4.90 Å². The van der Waals surface area contributed by atoms with Crippen molar-refractivity contribution in [3.8, 4) is 16.9 Å². The molecule has 1 N–H and O–H groups in total. The van der Waals surface area contributed by atoms with E-state index in [0.717, 1.165) is 30.9 Å². The van der Waals surface area contributed by atoms with Crippen molar-refractivity contribution in [1.82, 2.24) is 9.80 Å². The second-order valence-electron chi connectivity index (χ2n) is 8.19. The van der Waals surface area contributed by atoms with Gasteiger partial charge >= 0.3 is 5.97 Å². The quantitative estimate of drug-likeness (QED) is 0.382. The Hall–Kier alpha value is -2.86. The number of benzene rings is 2. The summed E-state index contributed by atoms with van der Waals surface area (Å²) in [7, 11) is 0. The molecule has 2 aliphatic rings. The summed E-state index contributed by atoms with van der Waals surface area (Å²) in [6.45, 7) is 4.05. The molecule has 2 aromatic carbocycles. The fourth-order valence-electron chi connectivity index (χ4n) is 3.84. The number of ether oxygens (including phenoxy) is 2. The van der Waals surface area contributed by atoms with Gasteiger partial charge in [-0.3, -0.25) is 19.4 Å². The zero-order chi connectivity index (χ0) is 25.7. The number of amides is 1. The number of carboxylic acids is 1. The van der Waals surface area contributed by atoms with E-state index in [1.807, 2.05) is 0 Å². The molecule has 190 valence electrons. The normalized spacial score (nSPS) is 17.7. The van der Waals surface area contributed by atoms with E-state index in [1.54, 1.807) is 24.3 Å². The minimum Gasteiger partial charge on any atom is -0.492 e. The van der Waals surface area contributed by atoms with E-state index in [4.69, 9.17) is 26.8 Å². The molecule has 2 aromatic rings. The summed E-state index contributed by atoms with van der Waals surface area (Å²) in [4.78, 5) is 27.6. The first kappa shape index (κ1) is 26.2. The molecule has 2 saturated heterocycles. The highest BCUT2D eigenvalue weighted by atomic mass is 32.2. The van der Waals surface area contributed by atoms with Crippen LogP contribution in [-0.2, 0) is 14.3 Å². The molecule has 1 amide bonds. The van der Waals surface area contributed by atoms with Crippen molar-refractivity contribution in [2.45, 2.75) is 6.42 Å². The number of hydrogen-bond donors (Lipinski definition) is 1. The van der Waals surface area contributed by atoms with Gasteiger partial charge in [-0.05, 0) is 41.5 Å². The summed E-state index contributed by atoms with van der Waals surface area (Å²) in [5.41, 5.74) is 1.43. The molecule has 0 spiro atoms. The zero-order valence-corrected chi connectivity index (χ0v) is 20.9. The molecule has 2 aliphatic heterocycles. The van der Waals surface area contributed by atoms with Gasteiger partial charge in [-0.15, -0.1) is 0 Å². The molecule has 2 fully saturated rings. The molecular weight excluding hydrogens is 510 g/mol. The van der Waals surface area contributed by atoms with Crippen LogP contribution >= 0.6 is 24.0 Å². The monoisotopic (exact) mass is 534 g/mol. The van der Waals surface area contributed by atoms with E-state index in [1.165, 1.54) is 17.0 Å². The van der Waals surface area contributed by atoms with E-state index < -0.39 is 23.5 Å². The van der Waals surface area contributed by atoms with E-state index in [-0.39, 0.29) is 17.3 Å². The van der Waals surface area contributed by atoms with Gasteiger partial charge in [0, 0.05) is 37.8 Å². The Morgan fingerprint density at radius 2 is 1.83 bits per heavy atom. The van der Waals surface area contributed by atoms with Crippen molar-refractivity contribution >= 4 is 46.3 Å². The van der Waals surface area contributed by atoms with Gasteiger partial charge in [-0.1, -0.05) is 30.0 Å². The molecule has 0 radical (unpaired) electrons. The average Bonchev–Trinajstić information content (AvgIpc) is 3.10. The van der Waals surface area contributed by atoms with Gasteiger partial charge in [0.25, 0.3) is 5.91 Å². The summed E-state index contributed by atoms with van der Waals surface area (Å²) in [6, 6.07) is 8.36. The van der Waals surface area contributed by atoms with Crippen LogP contribution < -0.4 is 4.74 Å². The third kappa shape index (κ3) is 6.67. The highest BCUT2D eigenvalue weighted by Gasteiger charge is 2.32. The third-order valence-electron chi connectivity index (χ3n) is 5.68. The highest BCUT2D eigenvalue weighted by Crippen LogP contribution is 2.36. The first-order valence-corrected chi connectivity index (χ1v) is 12.5. The van der Waals surface area contributed by atoms with Crippen LogP contribution in [0.5, 0.6) is 5.75 Å². The lowest BCUT2D eigenvalue weighted by Gasteiger charge is -2.26. The molecule has 11 heteroatoms. The minimum atomic E-state index is -1.03. The molecule has 0 saturated carbocycles. The minimum absolute atomic E-state index is 0.0249. The maximum atomic E-state index is 13.8. The molecule has 0 aromatic heterocycles. The lowest BCUT2D eigenvalue weighted by molar-refractivity contribution is -0.137. The van der Waals surface area contributed by atoms with Crippen LogP contribution in [0.3, 0.4) is 0 Å². The first-order valence-electron chi connectivity index (χ1n) is 11.3. The van der Waals surface area contributed by atoms with Crippen LogP contribution in [0.4, 0.5) is 8.78 Å². The number of carbonyl (C=O) groups excluding carboxylic acids is 1. The highest BCUT2D eigenvalue weighted by molar-refractivity contribution is 8.26. The van der Waals surface area contributed by atoms with Crippen LogP contribution in [0.15, 0.2) is 41.3 Å². The van der Waals surface area contributed by atoms with Crippen LogP contribution in [0, 0.1) is 11.6 Å². The number of thiocarbonyl (C=S) groups is 1. The smallest absolute Gasteiger partial charge is 0.305 e. The maximum absolute atomic E-state index is 13.8. The number of thioether (sulfide) groups is 1. The predicted octanol–water partition coefficient (Wildman–Crippen LogP) is 4.02. The molecule has 0 bridgehead atoms. The van der Waals surface area contributed by atoms with Gasteiger partial charge < -0.3 is 14.6 Å². The van der Waals surface area contributed by atoms with E-state index in [9.17, 15) is 18.4 Å². The van der Waals surface area contributed by atoms with Crippen molar-refractivity contribution in [1.29, 1.82) is 0 Å². The van der Waals surface area contributed by atoms with Crippen LogP contribution in [0.25, 0.3) is 17.2 Å². The Labute approximate surface area is 216 Å². The van der Waals surface area contributed by atoms with Crippen LogP contribution in [0.2, 0.25) is 0 Å². The number of aliphatic carboxylic acids is 1. The Kier molecular flexibility index (Phi) is 8.68. The van der Waals surface area contributed by atoms with Gasteiger partial charge in [0.1, 0.15) is 28.3 Å². The predicted molar refractivity (Wildman–Crippen MR) is 137 cm³/mol. The molecule has 4 rings (SSSR count). The van der Waals surface area contributed by atoms with E-state index >= 15 is 0 Å². The lowest BCUT2D eigenvalue weighted by atomic mass is 10.0. The number of carbonyl (C=O) groups is 2. The zero-order valence-electron chi connectivity index (χ0n) is 19.2. The number of nitrogens with zero attached hydrogens (tertiary/aromatic N) is 2. The molecule has 7 nitrogen and oxygen atoms in total. The van der Waals surface area contributed by atoms with Crippen molar-refractivity contribution in [2.75, 3.05) is 46.0 Å². The second kappa shape index (κ2) is 11.9. The number of halogens is 2. The average molecular weight is 535 g/mol. The van der Waals surface area contributed by atoms with Crippen LogP contribution in [0.1, 0.15) is 12.0 Å². The summed E-state index contributed by atoms with van der Waals surface area (Å²) in [6.07, 6.45) is 1.39. The van der Waals surface area contributed by atoms with Crippen LogP contribution in [-0.4, -0.2) is 77.1 Å². The van der Waals surface area contributed by atoms with Gasteiger partial charge in [0.2, 0.25) is 0 Å². The SMILES string of the molecule is O=C(O)CCN1C(=O)C(=Cc2cc(-c3cc(F)cc(F)c3)ccc2OCCN2CCOCC2)SC1=S. The Morgan fingerprint density at radius 1 is 1.11 bits per heavy atom. The first-order chi connectivity index (χ1) is 17.3. The lowest BCUT2D eigenvalue weighted by Crippen LogP contribution is -2.38. The topological polar surface area (TPSA) is 79.3 Å². The Balaban J connectivity index is 1.61. The number of morpholine rings is 1. The fourth-order valence-corrected chi connectivity index (χ4v) is 5.14. The third-order valence-corrected chi connectivity index (χ3v) is 7.06. The Morgan fingerprint density at radius 3 is 2.53 bits per heavy atom. The van der Waals surface area contributed by atoms with Gasteiger partial charge in [0.15, 0.2) is 0 Å². The molecular formula is C25H24F2N2O5S2. The summed E-state index contributed by atoms with van der Waals surface area (Å²) < 4.78 is 39.3. The fraction of sp³-hybridized carbons (Fsp3) is 0.320. The van der Waals surface area contributed by atoms with E-state index in [0.29, 0.717) is 53.7 Å². The van der Waals surface area contributed by atoms with Crippen molar-refractivity contribution in [3.63, 3.8) is 0 Å². The largest absolute Gasteiger partial charge is 0.492 e. The Bertz CT molecular complexity index is 1180. The molecule has 0 unspecified atom stereocenters. The van der Waals surface area contributed by atoms with Crippen molar-refractivity contribution in [3.05, 3.63) is 58.5 Å².